The van der Waals surface area contributed by atoms with Crippen molar-refractivity contribution in [3.8, 4) is 11.4 Å². The Morgan fingerprint density at radius 1 is 1.22 bits per heavy atom. The Labute approximate surface area is 154 Å². The van der Waals surface area contributed by atoms with Crippen molar-refractivity contribution in [1.82, 2.24) is 20.2 Å². The van der Waals surface area contributed by atoms with Gasteiger partial charge in [-0.3, -0.25) is 5.10 Å². The Morgan fingerprint density at radius 3 is 2.89 bits per heavy atom. The quantitative estimate of drug-likeness (QED) is 0.576. The fraction of sp³-hybridized carbons (Fsp3) is 0.316. The second-order valence-corrected chi connectivity index (χ2v) is 6.65. The van der Waals surface area contributed by atoms with Gasteiger partial charge >= 0.3 is 0 Å². The molecule has 1 unspecified atom stereocenters. The predicted octanol–water partition coefficient (Wildman–Crippen LogP) is 2.66. The highest BCUT2D eigenvalue weighted by Gasteiger charge is 2.23. The normalized spacial score (nSPS) is 16.3. The second-order valence-electron chi connectivity index (χ2n) is 6.65. The molecule has 138 valence electrons. The SMILES string of the molecule is CC(O)c1cc2nc(-c3cccc4[nH]ncc34)nc(N3CCOCC3)c2o1. The van der Waals surface area contributed by atoms with Crippen molar-refractivity contribution in [2.45, 2.75) is 13.0 Å². The van der Waals surface area contributed by atoms with Crippen molar-refractivity contribution in [2.24, 2.45) is 0 Å². The minimum atomic E-state index is -0.711. The number of nitrogens with zero attached hydrogens (tertiary/aromatic N) is 4. The standard InChI is InChI=1S/C19H19N5O3/c1-11(25)16-9-15-17(27-16)19(24-5-7-26-8-6-24)22-18(21-15)12-3-2-4-14-13(12)10-20-23-14/h2-4,9-11,25H,5-8H2,1H3,(H,20,23). The zero-order valence-corrected chi connectivity index (χ0v) is 14.8. The van der Waals surface area contributed by atoms with Gasteiger partial charge in [0.05, 0.1) is 24.9 Å². The third kappa shape index (κ3) is 2.73. The predicted molar refractivity (Wildman–Crippen MR) is 101 cm³/mol. The van der Waals surface area contributed by atoms with Gasteiger partial charge in [0.15, 0.2) is 17.2 Å². The maximum atomic E-state index is 9.94. The average Bonchev–Trinajstić information content (AvgIpc) is 3.34. The Balaban J connectivity index is 1.74. The number of aliphatic hydroxyl groups excluding tert-OH is 1. The molecule has 27 heavy (non-hydrogen) atoms. The smallest absolute Gasteiger partial charge is 0.195 e. The lowest BCUT2D eigenvalue weighted by Crippen LogP contribution is -2.37. The fourth-order valence-electron chi connectivity index (χ4n) is 3.41. The summed E-state index contributed by atoms with van der Waals surface area (Å²) in [5.74, 6) is 1.81. The molecule has 1 aromatic carbocycles. The summed E-state index contributed by atoms with van der Waals surface area (Å²) in [5.41, 5.74) is 3.10. The summed E-state index contributed by atoms with van der Waals surface area (Å²) in [6, 6.07) is 7.69. The van der Waals surface area contributed by atoms with Crippen LogP contribution in [0, 0.1) is 0 Å². The number of aliphatic hydroxyl groups is 1. The summed E-state index contributed by atoms with van der Waals surface area (Å²) in [6.45, 7) is 4.41. The first kappa shape index (κ1) is 16.2. The van der Waals surface area contributed by atoms with Crippen molar-refractivity contribution in [2.75, 3.05) is 31.2 Å². The highest BCUT2D eigenvalue weighted by molar-refractivity contribution is 5.95. The number of H-pyrrole nitrogens is 1. The Kier molecular flexibility index (Phi) is 3.80. The van der Waals surface area contributed by atoms with Crippen LogP contribution in [-0.4, -0.2) is 51.6 Å². The number of rotatable bonds is 3. The van der Waals surface area contributed by atoms with Gasteiger partial charge in [0.1, 0.15) is 17.4 Å². The van der Waals surface area contributed by atoms with Crippen LogP contribution in [0.2, 0.25) is 0 Å². The van der Waals surface area contributed by atoms with Crippen LogP contribution in [-0.2, 0) is 4.74 Å². The summed E-state index contributed by atoms with van der Waals surface area (Å²) in [4.78, 5) is 11.7. The van der Waals surface area contributed by atoms with Crippen LogP contribution in [0.4, 0.5) is 5.82 Å². The molecule has 4 aromatic rings. The molecule has 0 aliphatic carbocycles. The summed E-state index contributed by atoms with van der Waals surface area (Å²) < 4.78 is 11.4. The molecule has 8 nitrogen and oxygen atoms in total. The second kappa shape index (κ2) is 6.33. The van der Waals surface area contributed by atoms with E-state index in [4.69, 9.17) is 19.1 Å². The van der Waals surface area contributed by atoms with Gasteiger partial charge in [0.2, 0.25) is 0 Å². The Bertz CT molecular complexity index is 1110. The number of hydrogen-bond donors (Lipinski definition) is 2. The zero-order chi connectivity index (χ0) is 18.4. The molecular formula is C19H19N5O3. The fourth-order valence-corrected chi connectivity index (χ4v) is 3.41. The molecule has 1 aliphatic heterocycles. The molecule has 1 saturated heterocycles. The molecule has 5 rings (SSSR count). The zero-order valence-electron chi connectivity index (χ0n) is 14.8. The minimum absolute atomic E-state index is 0.479. The number of anilines is 1. The first-order valence-electron chi connectivity index (χ1n) is 8.95. The molecule has 1 fully saturated rings. The number of fused-ring (bicyclic) bond motifs is 2. The molecule has 0 spiro atoms. The van der Waals surface area contributed by atoms with Crippen molar-refractivity contribution in [1.29, 1.82) is 0 Å². The van der Waals surface area contributed by atoms with E-state index in [1.54, 1.807) is 19.2 Å². The van der Waals surface area contributed by atoms with E-state index in [0.717, 1.165) is 35.4 Å². The van der Waals surface area contributed by atoms with E-state index in [1.807, 2.05) is 18.2 Å². The molecule has 0 radical (unpaired) electrons. The number of hydrogen-bond acceptors (Lipinski definition) is 7. The lowest BCUT2D eigenvalue weighted by atomic mass is 10.1. The molecule has 2 N–H and O–H groups in total. The summed E-state index contributed by atoms with van der Waals surface area (Å²) in [6.07, 6.45) is 1.07. The molecule has 1 aliphatic rings. The van der Waals surface area contributed by atoms with E-state index in [1.165, 1.54) is 0 Å². The molecule has 0 saturated carbocycles. The maximum Gasteiger partial charge on any atom is 0.195 e. The van der Waals surface area contributed by atoms with Crippen LogP contribution in [0.15, 0.2) is 34.9 Å². The van der Waals surface area contributed by atoms with Crippen molar-refractivity contribution < 1.29 is 14.3 Å². The first-order valence-corrected chi connectivity index (χ1v) is 8.95. The van der Waals surface area contributed by atoms with Gasteiger partial charge in [-0.15, -0.1) is 0 Å². The summed E-state index contributed by atoms with van der Waals surface area (Å²) >= 11 is 0. The number of aromatic nitrogens is 4. The Morgan fingerprint density at radius 2 is 2.07 bits per heavy atom. The molecular weight excluding hydrogens is 346 g/mol. The molecule has 3 aromatic heterocycles. The average molecular weight is 365 g/mol. The molecule has 0 bridgehead atoms. The molecule has 0 amide bonds. The topological polar surface area (TPSA) is 100 Å². The lowest BCUT2D eigenvalue weighted by molar-refractivity contribution is 0.122. The largest absolute Gasteiger partial charge is 0.453 e. The monoisotopic (exact) mass is 365 g/mol. The lowest BCUT2D eigenvalue weighted by Gasteiger charge is -2.27. The van der Waals surface area contributed by atoms with Crippen molar-refractivity contribution >= 4 is 27.8 Å². The van der Waals surface area contributed by atoms with Gasteiger partial charge in [-0.1, -0.05) is 12.1 Å². The summed E-state index contributed by atoms with van der Waals surface area (Å²) in [5, 5.41) is 18.0. The van der Waals surface area contributed by atoms with Gasteiger partial charge in [-0.25, -0.2) is 9.97 Å². The molecule has 4 heterocycles. The number of benzene rings is 1. The van der Waals surface area contributed by atoms with Gasteiger partial charge < -0.3 is 19.2 Å². The number of aromatic amines is 1. The van der Waals surface area contributed by atoms with Gasteiger partial charge in [-0.05, 0) is 13.0 Å². The van der Waals surface area contributed by atoms with Crippen LogP contribution in [0.5, 0.6) is 0 Å². The number of ether oxygens (including phenoxy) is 1. The molecule has 1 atom stereocenters. The van der Waals surface area contributed by atoms with Crippen LogP contribution < -0.4 is 4.90 Å². The minimum Gasteiger partial charge on any atom is -0.453 e. The van der Waals surface area contributed by atoms with Crippen LogP contribution in [0.1, 0.15) is 18.8 Å². The van der Waals surface area contributed by atoms with E-state index in [-0.39, 0.29) is 0 Å². The van der Waals surface area contributed by atoms with E-state index in [9.17, 15) is 5.11 Å². The Hall–Kier alpha value is -2.97. The maximum absolute atomic E-state index is 9.94. The van der Waals surface area contributed by atoms with Gasteiger partial charge in [0, 0.05) is 30.1 Å². The number of morpholine rings is 1. The van der Waals surface area contributed by atoms with Crippen molar-refractivity contribution in [3.05, 3.63) is 36.2 Å². The van der Waals surface area contributed by atoms with E-state index < -0.39 is 6.10 Å². The van der Waals surface area contributed by atoms with Gasteiger partial charge in [0.25, 0.3) is 0 Å². The number of nitrogens with one attached hydrogen (secondary N) is 1. The molecule has 8 heteroatoms. The van der Waals surface area contributed by atoms with Crippen LogP contribution >= 0.6 is 0 Å². The van der Waals surface area contributed by atoms with E-state index in [2.05, 4.69) is 15.1 Å². The summed E-state index contributed by atoms with van der Waals surface area (Å²) in [7, 11) is 0. The van der Waals surface area contributed by atoms with E-state index >= 15 is 0 Å². The highest BCUT2D eigenvalue weighted by atomic mass is 16.5. The third-order valence-electron chi connectivity index (χ3n) is 4.82. The third-order valence-corrected chi connectivity index (χ3v) is 4.82. The van der Waals surface area contributed by atoms with Crippen LogP contribution in [0.3, 0.4) is 0 Å². The van der Waals surface area contributed by atoms with Crippen LogP contribution in [0.25, 0.3) is 33.4 Å². The first-order chi connectivity index (χ1) is 13.2. The van der Waals surface area contributed by atoms with E-state index in [0.29, 0.717) is 35.9 Å². The van der Waals surface area contributed by atoms with Crippen molar-refractivity contribution in [3.63, 3.8) is 0 Å². The number of furan rings is 1. The van der Waals surface area contributed by atoms with Gasteiger partial charge in [-0.2, -0.15) is 5.10 Å². The highest BCUT2D eigenvalue weighted by Crippen LogP contribution is 2.34.